The van der Waals surface area contributed by atoms with Crippen LogP contribution in [0.15, 0.2) is 35.3 Å². The monoisotopic (exact) mass is 528 g/mol. The first-order valence-corrected chi connectivity index (χ1v) is 11.4. The summed E-state index contributed by atoms with van der Waals surface area (Å²) < 4.78 is 0. The SMILES string of the molecule is CCN1CCN(CCNC(=NC)NC2CCN(Cc3ccccc3)C(C)C2)CC1.I. The van der Waals surface area contributed by atoms with Gasteiger partial charge in [-0.05, 0) is 31.9 Å². The molecule has 0 radical (unpaired) electrons. The van der Waals surface area contributed by atoms with Gasteiger partial charge >= 0.3 is 0 Å². The molecule has 3 rings (SSSR count). The van der Waals surface area contributed by atoms with Crippen LogP contribution >= 0.6 is 24.0 Å². The molecule has 2 atom stereocenters. The van der Waals surface area contributed by atoms with Crippen molar-refractivity contribution in [2.45, 2.75) is 45.3 Å². The second-order valence-electron chi connectivity index (χ2n) is 8.45. The summed E-state index contributed by atoms with van der Waals surface area (Å²) in [5, 5.41) is 7.18. The van der Waals surface area contributed by atoms with E-state index >= 15 is 0 Å². The number of aliphatic imine (C=N–C) groups is 1. The van der Waals surface area contributed by atoms with Crippen LogP contribution in [-0.2, 0) is 6.54 Å². The fraction of sp³-hybridized carbons (Fsp3) is 0.696. The van der Waals surface area contributed by atoms with Crippen LogP contribution < -0.4 is 10.6 Å². The van der Waals surface area contributed by atoms with Gasteiger partial charge in [-0.15, -0.1) is 24.0 Å². The van der Waals surface area contributed by atoms with Gasteiger partial charge in [0.1, 0.15) is 0 Å². The van der Waals surface area contributed by atoms with E-state index in [1.807, 2.05) is 7.05 Å². The van der Waals surface area contributed by atoms with Gasteiger partial charge in [0.25, 0.3) is 0 Å². The molecule has 1 aromatic rings. The van der Waals surface area contributed by atoms with Crippen molar-refractivity contribution in [2.75, 3.05) is 59.4 Å². The van der Waals surface area contributed by atoms with Gasteiger partial charge in [-0.1, -0.05) is 37.3 Å². The minimum atomic E-state index is 0. The fourth-order valence-corrected chi connectivity index (χ4v) is 4.45. The highest BCUT2D eigenvalue weighted by Crippen LogP contribution is 2.19. The molecule has 2 unspecified atom stereocenters. The number of guanidine groups is 1. The Balaban J connectivity index is 0.00000320. The van der Waals surface area contributed by atoms with E-state index in [0.29, 0.717) is 12.1 Å². The topological polar surface area (TPSA) is 46.1 Å². The van der Waals surface area contributed by atoms with Gasteiger partial charge in [0.05, 0.1) is 0 Å². The van der Waals surface area contributed by atoms with Gasteiger partial charge in [0.2, 0.25) is 0 Å². The predicted octanol–water partition coefficient (Wildman–Crippen LogP) is 2.46. The Morgan fingerprint density at radius 3 is 2.40 bits per heavy atom. The third kappa shape index (κ3) is 7.98. The Morgan fingerprint density at radius 2 is 1.77 bits per heavy atom. The molecular weight excluding hydrogens is 487 g/mol. The molecule has 2 heterocycles. The van der Waals surface area contributed by atoms with E-state index in [-0.39, 0.29) is 24.0 Å². The molecule has 0 bridgehead atoms. The molecule has 1 aromatic carbocycles. The van der Waals surface area contributed by atoms with Crippen LogP contribution in [0.2, 0.25) is 0 Å². The quantitative estimate of drug-likeness (QED) is 0.324. The normalized spacial score (nSPS) is 24.3. The Labute approximate surface area is 200 Å². The van der Waals surface area contributed by atoms with Gasteiger partial charge in [-0.2, -0.15) is 0 Å². The van der Waals surface area contributed by atoms with E-state index in [1.165, 1.54) is 38.3 Å². The lowest BCUT2D eigenvalue weighted by Crippen LogP contribution is -2.52. The smallest absolute Gasteiger partial charge is 0.191 e. The van der Waals surface area contributed by atoms with Crippen molar-refractivity contribution in [1.82, 2.24) is 25.3 Å². The molecule has 6 nitrogen and oxygen atoms in total. The maximum atomic E-state index is 4.46. The number of halogens is 1. The lowest BCUT2D eigenvalue weighted by molar-refractivity contribution is 0.133. The summed E-state index contributed by atoms with van der Waals surface area (Å²) in [4.78, 5) is 12.1. The van der Waals surface area contributed by atoms with Crippen molar-refractivity contribution in [1.29, 1.82) is 0 Å². The number of nitrogens with one attached hydrogen (secondary N) is 2. The summed E-state index contributed by atoms with van der Waals surface area (Å²) in [5.41, 5.74) is 1.41. The molecule has 2 saturated heterocycles. The van der Waals surface area contributed by atoms with Gasteiger partial charge in [-0.3, -0.25) is 14.8 Å². The van der Waals surface area contributed by atoms with E-state index in [9.17, 15) is 0 Å². The van der Waals surface area contributed by atoms with Crippen LogP contribution in [0.3, 0.4) is 0 Å². The molecule has 0 aliphatic carbocycles. The number of nitrogens with zero attached hydrogens (tertiary/aromatic N) is 4. The van der Waals surface area contributed by atoms with Crippen LogP contribution in [0.4, 0.5) is 0 Å². The Morgan fingerprint density at radius 1 is 1.07 bits per heavy atom. The Bertz CT molecular complexity index is 617. The summed E-state index contributed by atoms with van der Waals surface area (Å²) in [6.45, 7) is 14.7. The number of likely N-dealkylation sites (N-methyl/N-ethyl adjacent to an activating group) is 1. The molecule has 2 N–H and O–H groups in total. The lowest BCUT2D eigenvalue weighted by Gasteiger charge is -2.38. The molecule has 0 aromatic heterocycles. The average molecular weight is 529 g/mol. The van der Waals surface area contributed by atoms with E-state index in [0.717, 1.165) is 45.0 Å². The molecule has 0 amide bonds. The van der Waals surface area contributed by atoms with Crippen molar-refractivity contribution in [3.05, 3.63) is 35.9 Å². The zero-order valence-electron chi connectivity index (χ0n) is 19.0. The number of piperazine rings is 1. The van der Waals surface area contributed by atoms with E-state index in [2.05, 4.69) is 74.5 Å². The van der Waals surface area contributed by atoms with E-state index in [4.69, 9.17) is 0 Å². The van der Waals surface area contributed by atoms with Crippen molar-refractivity contribution < 1.29 is 0 Å². The van der Waals surface area contributed by atoms with Crippen molar-refractivity contribution in [3.8, 4) is 0 Å². The average Bonchev–Trinajstić information content (AvgIpc) is 2.76. The highest BCUT2D eigenvalue weighted by molar-refractivity contribution is 14.0. The number of benzene rings is 1. The minimum absolute atomic E-state index is 0. The summed E-state index contributed by atoms with van der Waals surface area (Å²) in [6.07, 6.45) is 2.32. The molecular formula is C23H41IN6. The van der Waals surface area contributed by atoms with Crippen LogP contribution in [0.1, 0.15) is 32.3 Å². The third-order valence-corrected chi connectivity index (χ3v) is 6.44. The van der Waals surface area contributed by atoms with E-state index in [1.54, 1.807) is 0 Å². The Kier molecular flexibility index (Phi) is 11.4. The first-order valence-electron chi connectivity index (χ1n) is 11.4. The maximum absolute atomic E-state index is 4.46. The molecule has 170 valence electrons. The lowest BCUT2D eigenvalue weighted by atomic mass is 9.97. The van der Waals surface area contributed by atoms with E-state index < -0.39 is 0 Å². The summed E-state index contributed by atoms with van der Waals surface area (Å²) >= 11 is 0. The molecule has 7 heteroatoms. The van der Waals surface area contributed by atoms with Crippen LogP contribution in [0, 0.1) is 0 Å². The third-order valence-electron chi connectivity index (χ3n) is 6.44. The summed E-state index contributed by atoms with van der Waals surface area (Å²) in [6, 6.07) is 11.9. The van der Waals surface area contributed by atoms with Crippen LogP contribution in [0.25, 0.3) is 0 Å². The number of likely N-dealkylation sites (tertiary alicyclic amines) is 1. The second-order valence-corrected chi connectivity index (χ2v) is 8.45. The van der Waals surface area contributed by atoms with Gasteiger partial charge in [0.15, 0.2) is 5.96 Å². The largest absolute Gasteiger partial charge is 0.355 e. The minimum Gasteiger partial charge on any atom is -0.355 e. The standard InChI is InChI=1S/C23H40N6.HI/c1-4-27-14-16-28(17-15-27)13-11-25-23(24-3)26-22-10-12-29(20(2)18-22)19-21-8-6-5-7-9-21;/h5-9,20,22H,4,10-19H2,1-3H3,(H2,24,25,26);1H. The van der Waals surface area contributed by atoms with Gasteiger partial charge < -0.3 is 15.5 Å². The van der Waals surface area contributed by atoms with Crippen LogP contribution in [0.5, 0.6) is 0 Å². The number of piperidine rings is 1. The van der Waals surface area contributed by atoms with Crippen molar-refractivity contribution in [3.63, 3.8) is 0 Å². The highest BCUT2D eigenvalue weighted by Gasteiger charge is 2.26. The number of hydrogen-bond acceptors (Lipinski definition) is 4. The summed E-state index contributed by atoms with van der Waals surface area (Å²) in [7, 11) is 1.88. The molecule has 30 heavy (non-hydrogen) atoms. The number of rotatable bonds is 7. The molecule has 2 aliphatic rings. The molecule has 0 saturated carbocycles. The van der Waals surface area contributed by atoms with Crippen LogP contribution in [-0.4, -0.2) is 92.1 Å². The molecule has 2 aliphatic heterocycles. The molecule has 2 fully saturated rings. The van der Waals surface area contributed by atoms with Crippen molar-refractivity contribution in [2.24, 2.45) is 4.99 Å². The van der Waals surface area contributed by atoms with Crippen molar-refractivity contribution >= 4 is 29.9 Å². The zero-order valence-corrected chi connectivity index (χ0v) is 21.3. The van der Waals surface area contributed by atoms with Gasteiger partial charge in [-0.25, -0.2) is 0 Å². The molecule has 0 spiro atoms. The predicted molar refractivity (Wildman–Crippen MR) is 138 cm³/mol. The maximum Gasteiger partial charge on any atom is 0.191 e. The number of hydrogen-bond donors (Lipinski definition) is 2. The zero-order chi connectivity index (χ0) is 20.5. The highest BCUT2D eigenvalue weighted by atomic mass is 127. The summed E-state index contributed by atoms with van der Waals surface area (Å²) in [5.74, 6) is 0.950. The second kappa shape index (κ2) is 13.5. The van der Waals surface area contributed by atoms with Gasteiger partial charge in [0, 0.05) is 71.5 Å². The first kappa shape index (κ1) is 25.4. The first-order chi connectivity index (χ1) is 14.2. The Hall–Kier alpha value is -0.900. The fourth-order valence-electron chi connectivity index (χ4n) is 4.45.